The van der Waals surface area contributed by atoms with E-state index >= 15 is 0 Å². The Bertz CT molecular complexity index is 346. The van der Waals surface area contributed by atoms with Crippen LogP contribution in [0.25, 0.3) is 0 Å². The van der Waals surface area contributed by atoms with Gasteiger partial charge >= 0.3 is 0 Å². The second kappa shape index (κ2) is 4.93. The van der Waals surface area contributed by atoms with Crippen LogP contribution in [-0.2, 0) is 23.1 Å². The van der Waals surface area contributed by atoms with Crippen LogP contribution in [0.1, 0.15) is 18.2 Å². The third-order valence-corrected chi connectivity index (χ3v) is 2.51. The van der Waals surface area contributed by atoms with Gasteiger partial charge in [-0.2, -0.15) is 5.10 Å². The molecule has 0 aliphatic carbocycles. The van der Waals surface area contributed by atoms with E-state index in [1.807, 2.05) is 14.0 Å². The topological polar surface area (TPSA) is 56.1 Å². The summed E-state index contributed by atoms with van der Waals surface area (Å²) in [6.45, 7) is 4.17. The fraction of sp³-hybridized carbons (Fsp3) is 0.600. The van der Waals surface area contributed by atoms with Gasteiger partial charge in [0.15, 0.2) is 0 Å². The van der Waals surface area contributed by atoms with E-state index in [4.69, 9.17) is 4.74 Å². The molecule has 1 atom stereocenters. The predicted octanol–water partition coefficient (Wildman–Crippen LogP) is 0.380. The summed E-state index contributed by atoms with van der Waals surface area (Å²) in [6.07, 6.45) is 1.34. The molecule has 0 aromatic carbocycles. The van der Waals surface area contributed by atoms with Gasteiger partial charge < -0.3 is 10.1 Å². The molecule has 0 radical (unpaired) electrons. The van der Waals surface area contributed by atoms with E-state index in [0.29, 0.717) is 6.54 Å². The molecule has 1 aromatic heterocycles. The molecule has 1 unspecified atom stereocenters. The molecular weight excluding hydrogens is 194 g/mol. The summed E-state index contributed by atoms with van der Waals surface area (Å²) in [7, 11) is 3.39. The SMILES string of the molecule is COC(C)C(=O)NCc1cnn(C)c1C. The molecule has 0 aliphatic heterocycles. The highest BCUT2D eigenvalue weighted by Crippen LogP contribution is 2.04. The second-order valence-corrected chi connectivity index (χ2v) is 3.47. The molecule has 0 aliphatic rings. The average molecular weight is 211 g/mol. The summed E-state index contributed by atoms with van der Waals surface area (Å²) in [5, 5.41) is 6.88. The van der Waals surface area contributed by atoms with Crippen LogP contribution < -0.4 is 5.32 Å². The maximum atomic E-state index is 11.4. The zero-order chi connectivity index (χ0) is 11.4. The van der Waals surface area contributed by atoms with Crippen molar-refractivity contribution in [3.8, 4) is 0 Å². The van der Waals surface area contributed by atoms with Crippen LogP contribution in [0.4, 0.5) is 0 Å². The van der Waals surface area contributed by atoms with Crippen molar-refractivity contribution in [3.05, 3.63) is 17.5 Å². The first-order valence-electron chi connectivity index (χ1n) is 4.84. The number of rotatable bonds is 4. The van der Waals surface area contributed by atoms with E-state index in [0.717, 1.165) is 11.3 Å². The van der Waals surface area contributed by atoms with Crippen molar-refractivity contribution in [1.82, 2.24) is 15.1 Å². The van der Waals surface area contributed by atoms with Crippen LogP contribution in [0.5, 0.6) is 0 Å². The van der Waals surface area contributed by atoms with Crippen molar-refractivity contribution in [2.24, 2.45) is 7.05 Å². The Kier molecular flexibility index (Phi) is 3.85. The molecule has 1 rings (SSSR count). The monoisotopic (exact) mass is 211 g/mol. The maximum absolute atomic E-state index is 11.4. The van der Waals surface area contributed by atoms with E-state index in [1.54, 1.807) is 17.8 Å². The zero-order valence-corrected chi connectivity index (χ0v) is 9.57. The lowest BCUT2D eigenvalue weighted by molar-refractivity contribution is -0.130. The molecule has 1 aromatic rings. The molecule has 1 amide bonds. The summed E-state index contributed by atoms with van der Waals surface area (Å²) in [5.74, 6) is -0.110. The highest BCUT2D eigenvalue weighted by atomic mass is 16.5. The number of amides is 1. The molecule has 1 heterocycles. The van der Waals surface area contributed by atoms with E-state index in [1.165, 1.54) is 7.11 Å². The van der Waals surface area contributed by atoms with Gasteiger partial charge in [-0.15, -0.1) is 0 Å². The summed E-state index contributed by atoms with van der Waals surface area (Å²) >= 11 is 0. The highest BCUT2D eigenvalue weighted by Gasteiger charge is 2.11. The Labute approximate surface area is 89.4 Å². The first-order valence-corrected chi connectivity index (χ1v) is 4.84. The van der Waals surface area contributed by atoms with Crippen LogP contribution in [-0.4, -0.2) is 28.9 Å². The summed E-state index contributed by atoms with van der Waals surface area (Å²) < 4.78 is 6.68. The molecule has 15 heavy (non-hydrogen) atoms. The Morgan fingerprint density at radius 3 is 2.87 bits per heavy atom. The lowest BCUT2D eigenvalue weighted by Gasteiger charge is -2.09. The Morgan fingerprint density at radius 2 is 2.40 bits per heavy atom. The van der Waals surface area contributed by atoms with Gasteiger partial charge in [0.25, 0.3) is 0 Å². The minimum absolute atomic E-state index is 0.110. The van der Waals surface area contributed by atoms with Gasteiger partial charge in [0.1, 0.15) is 6.10 Å². The largest absolute Gasteiger partial charge is 0.372 e. The molecule has 0 saturated heterocycles. The van der Waals surface area contributed by atoms with E-state index in [2.05, 4.69) is 10.4 Å². The number of aryl methyl sites for hydroxylation is 1. The number of aromatic nitrogens is 2. The first kappa shape index (κ1) is 11.7. The number of nitrogens with one attached hydrogen (secondary N) is 1. The molecule has 0 fully saturated rings. The van der Waals surface area contributed by atoms with Gasteiger partial charge in [-0.3, -0.25) is 9.48 Å². The summed E-state index contributed by atoms with van der Waals surface area (Å²) in [6, 6.07) is 0. The van der Waals surface area contributed by atoms with Gasteiger partial charge in [0.2, 0.25) is 5.91 Å². The number of hydrogen-bond acceptors (Lipinski definition) is 3. The van der Waals surface area contributed by atoms with Crippen molar-refractivity contribution < 1.29 is 9.53 Å². The number of nitrogens with zero attached hydrogens (tertiary/aromatic N) is 2. The van der Waals surface area contributed by atoms with Crippen LogP contribution in [0.3, 0.4) is 0 Å². The van der Waals surface area contributed by atoms with E-state index in [9.17, 15) is 4.79 Å². The molecule has 0 bridgehead atoms. The number of methoxy groups -OCH3 is 1. The smallest absolute Gasteiger partial charge is 0.249 e. The first-order chi connectivity index (χ1) is 7.06. The third-order valence-electron chi connectivity index (χ3n) is 2.51. The fourth-order valence-electron chi connectivity index (χ4n) is 1.15. The fourth-order valence-corrected chi connectivity index (χ4v) is 1.15. The van der Waals surface area contributed by atoms with Crippen molar-refractivity contribution >= 4 is 5.91 Å². The average Bonchev–Trinajstić information content (AvgIpc) is 2.55. The van der Waals surface area contributed by atoms with Crippen LogP contribution in [0.2, 0.25) is 0 Å². The Balaban J connectivity index is 2.51. The van der Waals surface area contributed by atoms with Gasteiger partial charge in [-0.05, 0) is 13.8 Å². The molecule has 1 N–H and O–H groups in total. The van der Waals surface area contributed by atoms with Gasteiger partial charge in [0.05, 0.1) is 6.20 Å². The third kappa shape index (κ3) is 2.79. The Morgan fingerprint density at radius 1 is 1.73 bits per heavy atom. The lowest BCUT2D eigenvalue weighted by Crippen LogP contribution is -2.33. The minimum atomic E-state index is -0.415. The Hall–Kier alpha value is -1.36. The van der Waals surface area contributed by atoms with Gasteiger partial charge in [0, 0.05) is 32.0 Å². The van der Waals surface area contributed by atoms with E-state index < -0.39 is 6.10 Å². The van der Waals surface area contributed by atoms with Crippen LogP contribution in [0, 0.1) is 6.92 Å². The predicted molar refractivity (Wildman–Crippen MR) is 56.3 cm³/mol. The van der Waals surface area contributed by atoms with Crippen LogP contribution in [0.15, 0.2) is 6.20 Å². The molecule has 0 saturated carbocycles. The molecule has 5 nitrogen and oxygen atoms in total. The van der Waals surface area contributed by atoms with Crippen molar-refractivity contribution in [3.63, 3.8) is 0 Å². The number of ether oxygens (including phenoxy) is 1. The number of carbonyl (C=O) groups is 1. The summed E-state index contributed by atoms with van der Waals surface area (Å²) in [5.41, 5.74) is 2.08. The lowest BCUT2D eigenvalue weighted by atomic mass is 10.2. The second-order valence-electron chi connectivity index (χ2n) is 3.47. The normalized spacial score (nSPS) is 12.5. The van der Waals surface area contributed by atoms with Crippen molar-refractivity contribution in [1.29, 1.82) is 0 Å². The summed E-state index contributed by atoms with van der Waals surface area (Å²) in [4.78, 5) is 11.4. The molecule has 84 valence electrons. The highest BCUT2D eigenvalue weighted by molar-refractivity contribution is 5.80. The quantitative estimate of drug-likeness (QED) is 0.783. The zero-order valence-electron chi connectivity index (χ0n) is 9.57. The van der Waals surface area contributed by atoms with Crippen LogP contribution >= 0.6 is 0 Å². The van der Waals surface area contributed by atoms with Crippen molar-refractivity contribution in [2.75, 3.05) is 7.11 Å². The van der Waals surface area contributed by atoms with Gasteiger partial charge in [-0.1, -0.05) is 0 Å². The number of hydrogen-bond donors (Lipinski definition) is 1. The number of carbonyl (C=O) groups excluding carboxylic acids is 1. The molecular formula is C10H17N3O2. The maximum Gasteiger partial charge on any atom is 0.249 e. The molecule has 0 spiro atoms. The molecule has 5 heteroatoms. The standard InChI is InChI=1S/C10H17N3O2/c1-7-9(6-12-13(7)3)5-11-10(14)8(2)15-4/h6,8H,5H2,1-4H3,(H,11,14). The van der Waals surface area contributed by atoms with E-state index in [-0.39, 0.29) is 5.91 Å². The van der Waals surface area contributed by atoms with Crippen molar-refractivity contribution in [2.45, 2.75) is 26.5 Å². The minimum Gasteiger partial charge on any atom is -0.372 e. The van der Waals surface area contributed by atoms with Gasteiger partial charge in [-0.25, -0.2) is 0 Å².